The Hall–Kier alpha value is -4.08. The Bertz CT molecular complexity index is 1070. The number of esters is 1. The van der Waals surface area contributed by atoms with Crippen molar-refractivity contribution in [1.82, 2.24) is 10.4 Å². The second kappa shape index (κ2) is 10.7. The number of para-hydroxylation sites is 1. The van der Waals surface area contributed by atoms with E-state index < -0.39 is 36.2 Å². The summed E-state index contributed by atoms with van der Waals surface area (Å²) >= 11 is 0. The molecule has 180 valence electrons. The highest BCUT2D eigenvalue weighted by Crippen LogP contribution is 2.24. The van der Waals surface area contributed by atoms with E-state index in [4.69, 9.17) is 14.2 Å². The van der Waals surface area contributed by atoms with Crippen molar-refractivity contribution in [1.29, 1.82) is 0 Å². The van der Waals surface area contributed by atoms with Crippen LogP contribution in [-0.4, -0.2) is 56.1 Å². The van der Waals surface area contributed by atoms with Gasteiger partial charge < -0.3 is 19.5 Å². The Morgan fingerprint density at radius 3 is 2.24 bits per heavy atom. The van der Waals surface area contributed by atoms with Crippen molar-refractivity contribution in [2.24, 2.45) is 5.92 Å². The molecule has 0 radical (unpaired) electrons. The number of hydrogen-bond acceptors (Lipinski definition) is 7. The van der Waals surface area contributed by atoms with Crippen LogP contribution in [0.25, 0.3) is 0 Å². The van der Waals surface area contributed by atoms with E-state index in [1.165, 1.54) is 26.4 Å². The summed E-state index contributed by atoms with van der Waals surface area (Å²) in [4.78, 5) is 49.6. The Morgan fingerprint density at radius 2 is 1.65 bits per heavy atom. The third-order valence-corrected chi connectivity index (χ3v) is 5.40. The molecule has 2 aromatic rings. The molecule has 10 heteroatoms. The van der Waals surface area contributed by atoms with Gasteiger partial charge in [0.2, 0.25) is 5.91 Å². The van der Waals surface area contributed by atoms with E-state index in [0.29, 0.717) is 17.2 Å². The Labute approximate surface area is 197 Å². The van der Waals surface area contributed by atoms with E-state index in [2.05, 4.69) is 10.7 Å². The molecule has 34 heavy (non-hydrogen) atoms. The standard InChI is InChI=1S/C24H27N3O7/c1-14-6-5-7-15(2)22(14)25-20(28)13-34-24(31)17-10-21(29)27(12-17)26-23(30)16-8-18(32-3)11-19(9-16)33-4/h5-9,11,17H,10,12-13H2,1-4H3,(H,25,28)(H,26,30)/t17-/m0/s1. The van der Waals surface area contributed by atoms with Gasteiger partial charge in [-0.3, -0.25) is 29.6 Å². The minimum absolute atomic E-state index is 0.0664. The molecule has 0 aliphatic carbocycles. The molecule has 1 fully saturated rings. The monoisotopic (exact) mass is 469 g/mol. The molecular formula is C24H27N3O7. The molecule has 3 amide bonds. The van der Waals surface area contributed by atoms with Crippen LogP contribution in [0, 0.1) is 19.8 Å². The maximum atomic E-state index is 12.6. The van der Waals surface area contributed by atoms with Crippen LogP contribution in [0.4, 0.5) is 5.69 Å². The second-order valence-electron chi connectivity index (χ2n) is 7.87. The van der Waals surface area contributed by atoms with Crippen LogP contribution in [0.2, 0.25) is 0 Å². The van der Waals surface area contributed by atoms with E-state index in [1.54, 1.807) is 6.07 Å². The first-order valence-electron chi connectivity index (χ1n) is 10.6. The number of hydrogen-bond donors (Lipinski definition) is 2. The summed E-state index contributed by atoms with van der Waals surface area (Å²) in [5.41, 5.74) is 5.16. The third-order valence-electron chi connectivity index (χ3n) is 5.40. The Morgan fingerprint density at radius 1 is 1.03 bits per heavy atom. The summed E-state index contributed by atoms with van der Waals surface area (Å²) in [6, 6.07) is 10.2. The van der Waals surface area contributed by atoms with E-state index in [1.807, 2.05) is 32.0 Å². The zero-order valence-electron chi connectivity index (χ0n) is 19.5. The number of nitrogens with one attached hydrogen (secondary N) is 2. The van der Waals surface area contributed by atoms with Gasteiger partial charge in [-0.15, -0.1) is 0 Å². The SMILES string of the molecule is COc1cc(OC)cc(C(=O)NN2C[C@@H](C(=O)OCC(=O)Nc3c(C)cccc3C)CC2=O)c1. The molecule has 1 aliphatic heterocycles. The highest BCUT2D eigenvalue weighted by molar-refractivity contribution is 5.97. The van der Waals surface area contributed by atoms with Crippen LogP contribution in [-0.2, 0) is 19.1 Å². The number of carbonyl (C=O) groups excluding carboxylic acids is 4. The highest BCUT2D eigenvalue weighted by Gasteiger charge is 2.37. The molecule has 2 N–H and O–H groups in total. The number of aryl methyl sites for hydroxylation is 2. The van der Waals surface area contributed by atoms with Crippen LogP contribution in [0.5, 0.6) is 11.5 Å². The summed E-state index contributed by atoms with van der Waals surface area (Å²) in [6.07, 6.45) is -0.140. The number of ether oxygens (including phenoxy) is 3. The van der Waals surface area contributed by atoms with Crippen molar-refractivity contribution < 1.29 is 33.4 Å². The molecule has 0 aromatic heterocycles. The zero-order chi connectivity index (χ0) is 24.8. The van der Waals surface area contributed by atoms with E-state index in [0.717, 1.165) is 16.1 Å². The third kappa shape index (κ3) is 5.83. The molecule has 0 saturated carbocycles. The number of anilines is 1. The van der Waals surface area contributed by atoms with Crippen LogP contribution in [0.1, 0.15) is 27.9 Å². The first kappa shape index (κ1) is 24.6. The summed E-state index contributed by atoms with van der Waals surface area (Å²) in [6.45, 7) is 3.18. The predicted molar refractivity (Wildman–Crippen MR) is 122 cm³/mol. The van der Waals surface area contributed by atoms with Crippen molar-refractivity contribution in [3.63, 3.8) is 0 Å². The maximum Gasteiger partial charge on any atom is 0.311 e. The van der Waals surface area contributed by atoms with Crippen LogP contribution in [0.3, 0.4) is 0 Å². The number of nitrogens with zero attached hydrogens (tertiary/aromatic N) is 1. The molecule has 2 aromatic carbocycles. The van der Waals surface area contributed by atoms with Gasteiger partial charge in [-0.25, -0.2) is 0 Å². The van der Waals surface area contributed by atoms with Gasteiger partial charge >= 0.3 is 5.97 Å². The average Bonchev–Trinajstić information content (AvgIpc) is 3.19. The lowest BCUT2D eigenvalue weighted by Gasteiger charge is -2.18. The van der Waals surface area contributed by atoms with Gasteiger partial charge in [-0.05, 0) is 37.1 Å². The first-order chi connectivity index (χ1) is 16.2. The van der Waals surface area contributed by atoms with Gasteiger partial charge in [-0.1, -0.05) is 18.2 Å². The minimum Gasteiger partial charge on any atom is -0.497 e. The molecule has 0 unspecified atom stereocenters. The summed E-state index contributed by atoms with van der Waals surface area (Å²) in [5, 5.41) is 3.80. The van der Waals surface area contributed by atoms with E-state index >= 15 is 0 Å². The lowest BCUT2D eigenvalue weighted by Crippen LogP contribution is -2.43. The summed E-state index contributed by atoms with van der Waals surface area (Å²) in [5.74, 6) is -2.15. The summed E-state index contributed by atoms with van der Waals surface area (Å²) in [7, 11) is 2.91. The largest absolute Gasteiger partial charge is 0.497 e. The highest BCUT2D eigenvalue weighted by atomic mass is 16.5. The first-order valence-corrected chi connectivity index (χ1v) is 10.6. The van der Waals surface area contributed by atoms with E-state index in [-0.39, 0.29) is 18.5 Å². The van der Waals surface area contributed by atoms with Crippen molar-refractivity contribution in [2.75, 3.05) is 32.7 Å². The van der Waals surface area contributed by atoms with Crippen molar-refractivity contribution >= 4 is 29.4 Å². The fourth-order valence-electron chi connectivity index (χ4n) is 3.54. The number of methoxy groups -OCH3 is 2. The summed E-state index contributed by atoms with van der Waals surface area (Å²) < 4.78 is 15.4. The van der Waals surface area contributed by atoms with Gasteiger partial charge in [0.1, 0.15) is 11.5 Å². The average molecular weight is 469 g/mol. The molecule has 0 spiro atoms. The molecule has 1 atom stereocenters. The van der Waals surface area contributed by atoms with Gasteiger partial charge in [0, 0.05) is 23.7 Å². The lowest BCUT2D eigenvalue weighted by atomic mass is 10.1. The van der Waals surface area contributed by atoms with Crippen LogP contribution in [0.15, 0.2) is 36.4 Å². The quantitative estimate of drug-likeness (QED) is 0.567. The predicted octanol–water partition coefficient (Wildman–Crippen LogP) is 2.00. The number of rotatable bonds is 8. The van der Waals surface area contributed by atoms with E-state index in [9.17, 15) is 19.2 Å². The molecule has 3 rings (SSSR count). The fourth-order valence-corrected chi connectivity index (χ4v) is 3.54. The number of benzene rings is 2. The second-order valence-corrected chi connectivity index (χ2v) is 7.87. The van der Waals surface area contributed by atoms with Crippen molar-refractivity contribution in [3.8, 4) is 11.5 Å². The van der Waals surface area contributed by atoms with Crippen LogP contribution < -0.4 is 20.2 Å². The fraction of sp³-hybridized carbons (Fsp3) is 0.333. The van der Waals surface area contributed by atoms with Gasteiger partial charge in [0.25, 0.3) is 11.8 Å². The molecule has 1 heterocycles. The van der Waals surface area contributed by atoms with Crippen molar-refractivity contribution in [3.05, 3.63) is 53.1 Å². The number of hydrazine groups is 1. The molecular weight excluding hydrogens is 442 g/mol. The van der Waals surface area contributed by atoms with Crippen LogP contribution >= 0.6 is 0 Å². The molecule has 1 aliphatic rings. The minimum atomic E-state index is -0.805. The molecule has 1 saturated heterocycles. The van der Waals surface area contributed by atoms with Gasteiger partial charge in [-0.2, -0.15) is 0 Å². The molecule has 0 bridgehead atoms. The Balaban J connectivity index is 1.54. The topological polar surface area (TPSA) is 123 Å². The Kier molecular flexibility index (Phi) is 7.72. The van der Waals surface area contributed by atoms with Gasteiger partial charge in [0.15, 0.2) is 6.61 Å². The zero-order valence-corrected chi connectivity index (χ0v) is 19.5. The lowest BCUT2D eigenvalue weighted by molar-refractivity contribution is -0.151. The number of amides is 3. The normalized spacial score (nSPS) is 15.0. The van der Waals surface area contributed by atoms with Crippen molar-refractivity contribution in [2.45, 2.75) is 20.3 Å². The number of carbonyl (C=O) groups is 4. The smallest absolute Gasteiger partial charge is 0.311 e. The molecule has 10 nitrogen and oxygen atoms in total. The van der Waals surface area contributed by atoms with Gasteiger partial charge in [0.05, 0.1) is 26.7 Å². The maximum absolute atomic E-state index is 12.6.